The van der Waals surface area contributed by atoms with Crippen LogP contribution in [-0.2, 0) is 5.41 Å². The first-order valence-corrected chi connectivity index (χ1v) is 9.52. The van der Waals surface area contributed by atoms with E-state index in [2.05, 4.69) is 46.0 Å². The number of nitrogens with one attached hydrogen (secondary N) is 1. The molecular formula is C21H27ClN4. The molecule has 1 atom stereocenters. The van der Waals surface area contributed by atoms with Crippen LogP contribution in [-0.4, -0.2) is 20.6 Å². The Bertz CT molecular complexity index is 937. The molecule has 138 valence electrons. The molecule has 0 saturated carbocycles. The second-order valence-corrected chi connectivity index (χ2v) is 8.31. The molecule has 2 aromatic heterocycles. The molecule has 5 heteroatoms. The summed E-state index contributed by atoms with van der Waals surface area (Å²) < 4.78 is 1.91. The molecule has 3 aromatic rings. The van der Waals surface area contributed by atoms with Gasteiger partial charge in [0.15, 0.2) is 5.65 Å². The molecule has 0 aliphatic heterocycles. The Morgan fingerprint density at radius 1 is 1.23 bits per heavy atom. The Morgan fingerprint density at radius 3 is 2.54 bits per heavy atom. The maximum atomic E-state index is 6.48. The minimum absolute atomic E-state index is 0.0659. The standard InChI is InChI=1S/C21H27ClN4/c1-7-13(2)23-18-12-17(21(4,5)6)24-20-19(14(3)25-26(18)20)15-10-8-9-11-16(15)22/h8-13,23H,7H2,1-6H3. The third kappa shape index (κ3) is 3.43. The highest BCUT2D eigenvalue weighted by Gasteiger charge is 2.23. The van der Waals surface area contributed by atoms with Crippen LogP contribution >= 0.6 is 11.6 Å². The molecule has 0 aliphatic carbocycles. The molecule has 26 heavy (non-hydrogen) atoms. The lowest BCUT2D eigenvalue weighted by molar-refractivity contribution is 0.568. The van der Waals surface area contributed by atoms with E-state index in [9.17, 15) is 0 Å². The number of benzene rings is 1. The monoisotopic (exact) mass is 370 g/mol. The number of nitrogens with zero attached hydrogens (tertiary/aromatic N) is 3. The lowest BCUT2D eigenvalue weighted by Crippen LogP contribution is -2.20. The first kappa shape index (κ1) is 18.7. The van der Waals surface area contributed by atoms with Gasteiger partial charge in [-0.05, 0) is 26.3 Å². The van der Waals surface area contributed by atoms with Crippen LogP contribution in [0.4, 0.5) is 5.82 Å². The van der Waals surface area contributed by atoms with E-state index in [0.717, 1.165) is 40.4 Å². The molecule has 0 bridgehead atoms. The fourth-order valence-electron chi connectivity index (χ4n) is 2.94. The number of fused-ring (bicyclic) bond motifs is 1. The third-order valence-electron chi connectivity index (χ3n) is 4.68. The van der Waals surface area contributed by atoms with Crippen LogP contribution in [0.3, 0.4) is 0 Å². The van der Waals surface area contributed by atoms with E-state index < -0.39 is 0 Å². The predicted molar refractivity (Wildman–Crippen MR) is 110 cm³/mol. The van der Waals surface area contributed by atoms with Crippen molar-refractivity contribution in [3.8, 4) is 11.1 Å². The summed E-state index contributed by atoms with van der Waals surface area (Å²) in [4.78, 5) is 4.98. The minimum atomic E-state index is -0.0659. The second-order valence-electron chi connectivity index (χ2n) is 7.91. The third-order valence-corrected chi connectivity index (χ3v) is 5.01. The molecule has 0 aliphatic rings. The van der Waals surface area contributed by atoms with Gasteiger partial charge in [-0.3, -0.25) is 0 Å². The van der Waals surface area contributed by atoms with Gasteiger partial charge in [-0.25, -0.2) is 4.98 Å². The van der Waals surface area contributed by atoms with Crippen molar-refractivity contribution in [2.24, 2.45) is 0 Å². The van der Waals surface area contributed by atoms with Crippen molar-refractivity contribution in [3.63, 3.8) is 0 Å². The summed E-state index contributed by atoms with van der Waals surface area (Å²) in [6.45, 7) is 12.9. The summed E-state index contributed by atoms with van der Waals surface area (Å²) in [6.07, 6.45) is 1.03. The topological polar surface area (TPSA) is 42.2 Å². The van der Waals surface area contributed by atoms with Gasteiger partial charge in [-0.15, -0.1) is 0 Å². The zero-order valence-corrected chi connectivity index (χ0v) is 17.1. The predicted octanol–water partition coefficient (Wildman–Crippen LogP) is 5.87. The first-order valence-electron chi connectivity index (χ1n) is 9.14. The zero-order chi connectivity index (χ0) is 19.1. The van der Waals surface area contributed by atoms with Crippen molar-refractivity contribution in [1.29, 1.82) is 0 Å². The highest BCUT2D eigenvalue weighted by atomic mass is 35.5. The molecule has 0 spiro atoms. The molecular weight excluding hydrogens is 344 g/mol. The average Bonchev–Trinajstić information content (AvgIpc) is 2.90. The van der Waals surface area contributed by atoms with Gasteiger partial charge in [0.1, 0.15) is 5.82 Å². The van der Waals surface area contributed by atoms with Gasteiger partial charge in [-0.2, -0.15) is 9.61 Å². The summed E-state index contributed by atoms with van der Waals surface area (Å²) in [5, 5.41) is 9.07. The van der Waals surface area contributed by atoms with Crippen molar-refractivity contribution in [1.82, 2.24) is 14.6 Å². The van der Waals surface area contributed by atoms with E-state index in [-0.39, 0.29) is 5.41 Å². The van der Waals surface area contributed by atoms with Crippen molar-refractivity contribution in [3.05, 3.63) is 46.7 Å². The zero-order valence-electron chi connectivity index (χ0n) is 16.4. The van der Waals surface area contributed by atoms with Gasteiger partial charge in [-0.1, -0.05) is 57.5 Å². The molecule has 2 heterocycles. The van der Waals surface area contributed by atoms with Crippen molar-refractivity contribution < 1.29 is 0 Å². The largest absolute Gasteiger partial charge is 0.367 e. The molecule has 0 amide bonds. The van der Waals surface area contributed by atoms with Gasteiger partial charge in [0, 0.05) is 28.1 Å². The highest BCUT2D eigenvalue weighted by molar-refractivity contribution is 6.33. The number of aromatic nitrogens is 3. The van der Waals surface area contributed by atoms with E-state index in [4.69, 9.17) is 21.7 Å². The fourth-order valence-corrected chi connectivity index (χ4v) is 3.17. The van der Waals surface area contributed by atoms with E-state index in [1.54, 1.807) is 0 Å². The number of aryl methyl sites for hydroxylation is 1. The summed E-state index contributed by atoms with van der Waals surface area (Å²) >= 11 is 6.48. The van der Waals surface area contributed by atoms with Gasteiger partial charge >= 0.3 is 0 Å². The number of halogens is 1. The van der Waals surface area contributed by atoms with E-state index in [0.29, 0.717) is 11.1 Å². The molecule has 3 rings (SSSR count). The van der Waals surface area contributed by atoms with Crippen LogP contribution in [0.1, 0.15) is 52.4 Å². The minimum Gasteiger partial charge on any atom is -0.367 e. The number of anilines is 1. The molecule has 1 unspecified atom stereocenters. The maximum Gasteiger partial charge on any atom is 0.165 e. The summed E-state index contributed by atoms with van der Waals surface area (Å²) in [7, 11) is 0. The SMILES string of the molecule is CCC(C)Nc1cc(C(C)(C)C)nc2c(-c3ccccc3Cl)c(C)nn12. The first-order chi connectivity index (χ1) is 12.2. The number of rotatable bonds is 4. The Hall–Kier alpha value is -2.07. The summed E-state index contributed by atoms with van der Waals surface area (Å²) in [5.74, 6) is 0.968. The average molecular weight is 371 g/mol. The fraction of sp³-hybridized carbons (Fsp3) is 0.429. The van der Waals surface area contributed by atoms with Crippen LogP contribution in [0, 0.1) is 6.92 Å². The van der Waals surface area contributed by atoms with E-state index in [1.165, 1.54) is 0 Å². The molecule has 0 fully saturated rings. The number of hydrogen-bond donors (Lipinski definition) is 1. The lowest BCUT2D eigenvalue weighted by atomic mass is 9.91. The molecule has 1 N–H and O–H groups in total. The second kappa shape index (κ2) is 6.92. The normalized spacial score (nSPS) is 13.2. The smallest absolute Gasteiger partial charge is 0.165 e. The Morgan fingerprint density at radius 2 is 1.92 bits per heavy atom. The van der Waals surface area contributed by atoms with Crippen molar-refractivity contribution in [2.45, 2.75) is 59.4 Å². The molecule has 4 nitrogen and oxygen atoms in total. The van der Waals surface area contributed by atoms with E-state index in [1.807, 2.05) is 35.7 Å². The lowest BCUT2D eigenvalue weighted by Gasteiger charge is -2.21. The van der Waals surface area contributed by atoms with Gasteiger partial charge in [0.2, 0.25) is 0 Å². The van der Waals surface area contributed by atoms with Crippen LogP contribution in [0.25, 0.3) is 16.8 Å². The molecule has 0 radical (unpaired) electrons. The maximum absolute atomic E-state index is 6.48. The molecule has 1 aromatic carbocycles. The van der Waals surface area contributed by atoms with E-state index >= 15 is 0 Å². The quantitative estimate of drug-likeness (QED) is 0.624. The van der Waals surface area contributed by atoms with Crippen molar-refractivity contribution in [2.75, 3.05) is 5.32 Å². The Kier molecular flexibility index (Phi) is 4.98. The van der Waals surface area contributed by atoms with Gasteiger partial charge < -0.3 is 5.32 Å². The van der Waals surface area contributed by atoms with Gasteiger partial charge in [0.25, 0.3) is 0 Å². The molecule has 0 saturated heterocycles. The van der Waals surface area contributed by atoms with Gasteiger partial charge in [0.05, 0.1) is 17.0 Å². The highest BCUT2D eigenvalue weighted by Crippen LogP contribution is 2.35. The summed E-state index contributed by atoms with van der Waals surface area (Å²) in [6, 6.07) is 10.3. The summed E-state index contributed by atoms with van der Waals surface area (Å²) in [5.41, 5.74) is 4.69. The van der Waals surface area contributed by atoms with Crippen LogP contribution < -0.4 is 5.32 Å². The van der Waals surface area contributed by atoms with Crippen LogP contribution in [0.5, 0.6) is 0 Å². The number of hydrogen-bond acceptors (Lipinski definition) is 3. The Balaban J connectivity index is 2.33. The van der Waals surface area contributed by atoms with Crippen LogP contribution in [0.15, 0.2) is 30.3 Å². The Labute approximate surface area is 160 Å². The van der Waals surface area contributed by atoms with Crippen molar-refractivity contribution >= 4 is 23.1 Å². The van der Waals surface area contributed by atoms with Crippen LogP contribution in [0.2, 0.25) is 5.02 Å².